The van der Waals surface area contributed by atoms with E-state index in [1.54, 1.807) is 6.26 Å². The molecule has 0 aliphatic carbocycles. The smallest absolute Gasteiger partial charge is 0.326 e. The molecule has 0 aromatic rings. The van der Waals surface area contributed by atoms with Crippen LogP contribution in [0.1, 0.15) is 12.8 Å². The lowest BCUT2D eigenvalue weighted by molar-refractivity contribution is -0.142. The fraction of sp³-hybridized carbons (Fsp3) is 0.643. The molecule has 13 heteroatoms. The number of hydrogen-bond donors (Lipinski definition) is 7. The molecule has 154 valence electrons. The predicted octanol–water partition coefficient (Wildman–Crippen LogP) is -2.96. The summed E-state index contributed by atoms with van der Waals surface area (Å²) in [6, 6.07) is -3.45. The molecule has 0 spiro atoms. The number of rotatable bonds is 13. The zero-order chi connectivity index (χ0) is 21.0. The SMILES string of the molecule is CSCCC(NC(=O)C(CC(N)=O)NC(=O)CNC(=O)C(N)CS)C(=O)O. The van der Waals surface area contributed by atoms with Crippen molar-refractivity contribution >= 4 is 54.0 Å². The molecule has 0 bridgehead atoms. The number of nitrogens with two attached hydrogens (primary N) is 2. The summed E-state index contributed by atoms with van der Waals surface area (Å²) in [7, 11) is 0. The summed E-state index contributed by atoms with van der Waals surface area (Å²) >= 11 is 5.25. The first-order chi connectivity index (χ1) is 12.6. The van der Waals surface area contributed by atoms with Gasteiger partial charge in [-0.2, -0.15) is 24.4 Å². The van der Waals surface area contributed by atoms with E-state index in [0.717, 1.165) is 0 Å². The van der Waals surface area contributed by atoms with E-state index in [2.05, 4.69) is 28.6 Å². The van der Waals surface area contributed by atoms with Crippen LogP contribution in [0, 0.1) is 0 Å². The Hall–Kier alpha value is -1.99. The number of amides is 4. The molecule has 0 fully saturated rings. The molecular formula is C14H25N5O6S2. The molecule has 0 aliphatic rings. The fourth-order valence-corrected chi connectivity index (χ4v) is 2.44. The van der Waals surface area contributed by atoms with Gasteiger partial charge in [0, 0.05) is 5.75 Å². The van der Waals surface area contributed by atoms with Gasteiger partial charge in [0.25, 0.3) is 0 Å². The molecule has 3 unspecified atom stereocenters. The molecule has 8 N–H and O–H groups in total. The fourth-order valence-electron chi connectivity index (χ4n) is 1.80. The van der Waals surface area contributed by atoms with Crippen LogP contribution in [-0.4, -0.2) is 77.1 Å². The first-order valence-corrected chi connectivity index (χ1v) is 9.88. The van der Waals surface area contributed by atoms with Gasteiger partial charge in [0.15, 0.2) is 0 Å². The summed E-state index contributed by atoms with van der Waals surface area (Å²) in [6.07, 6.45) is 1.42. The second-order valence-corrected chi connectivity index (χ2v) is 6.83. The maximum Gasteiger partial charge on any atom is 0.326 e. The van der Waals surface area contributed by atoms with Gasteiger partial charge in [0.05, 0.1) is 19.0 Å². The van der Waals surface area contributed by atoms with Gasteiger partial charge in [-0.3, -0.25) is 19.2 Å². The highest BCUT2D eigenvalue weighted by Crippen LogP contribution is 2.02. The number of carbonyl (C=O) groups excluding carboxylic acids is 4. The van der Waals surface area contributed by atoms with Crippen LogP contribution in [0.4, 0.5) is 0 Å². The highest BCUT2D eigenvalue weighted by atomic mass is 32.2. The monoisotopic (exact) mass is 423 g/mol. The average Bonchev–Trinajstić information content (AvgIpc) is 2.60. The summed E-state index contributed by atoms with van der Waals surface area (Å²) in [4.78, 5) is 58.1. The number of thioether (sulfide) groups is 1. The maximum absolute atomic E-state index is 12.3. The first-order valence-electron chi connectivity index (χ1n) is 7.86. The number of thiol groups is 1. The van der Waals surface area contributed by atoms with Crippen molar-refractivity contribution in [2.24, 2.45) is 11.5 Å². The van der Waals surface area contributed by atoms with Crippen molar-refractivity contribution in [3.63, 3.8) is 0 Å². The van der Waals surface area contributed by atoms with Crippen LogP contribution >= 0.6 is 24.4 Å². The third-order valence-corrected chi connectivity index (χ3v) is 4.28. The summed E-state index contributed by atoms with van der Waals surface area (Å²) in [5, 5.41) is 15.9. The Labute approximate surface area is 166 Å². The van der Waals surface area contributed by atoms with Gasteiger partial charge in [-0.1, -0.05) is 0 Å². The third kappa shape index (κ3) is 10.7. The Balaban J connectivity index is 4.87. The van der Waals surface area contributed by atoms with E-state index in [9.17, 15) is 24.0 Å². The molecule has 4 amide bonds. The summed E-state index contributed by atoms with van der Waals surface area (Å²) in [5.41, 5.74) is 10.5. The van der Waals surface area contributed by atoms with Gasteiger partial charge >= 0.3 is 5.97 Å². The minimum atomic E-state index is -1.37. The van der Waals surface area contributed by atoms with Gasteiger partial charge in [-0.25, -0.2) is 4.79 Å². The van der Waals surface area contributed by atoms with E-state index >= 15 is 0 Å². The normalized spacial score (nSPS) is 13.7. The molecule has 3 atom stereocenters. The van der Waals surface area contributed by atoms with Crippen LogP contribution in [0.2, 0.25) is 0 Å². The van der Waals surface area contributed by atoms with Crippen LogP contribution in [0.3, 0.4) is 0 Å². The quantitative estimate of drug-likeness (QED) is 0.153. The lowest BCUT2D eigenvalue weighted by atomic mass is 10.1. The van der Waals surface area contributed by atoms with Crippen molar-refractivity contribution in [1.82, 2.24) is 16.0 Å². The second kappa shape index (κ2) is 13.2. The Kier molecular flexibility index (Phi) is 12.2. The Morgan fingerprint density at radius 3 is 2.22 bits per heavy atom. The van der Waals surface area contributed by atoms with E-state index in [4.69, 9.17) is 16.6 Å². The van der Waals surface area contributed by atoms with Crippen molar-refractivity contribution in [3.05, 3.63) is 0 Å². The molecular weight excluding hydrogens is 398 g/mol. The molecule has 0 radical (unpaired) electrons. The molecule has 0 aromatic carbocycles. The summed E-state index contributed by atoms with van der Waals surface area (Å²) < 4.78 is 0. The van der Waals surface area contributed by atoms with Crippen molar-refractivity contribution in [2.45, 2.75) is 31.0 Å². The lowest BCUT2D eigenvalue weighted by Gasteiger charge is -2.20. The molecule has 27 heavy (non-hydrogen) atoms. The average molecular weight is 424 g/mol. The highest BCUT2D eigenvalue weighted by molar-refractivity contribution is 7.98. The number of carboxylic acids is 1. The van der Waals surface area contributed by atoms with Crippen molar-refractivity contribution in [3.8, 4) is 0 Å². The number of aliphatic carboxylic acids is 1. The van der Waals surface area contributed by atoms with E-state index in [-0.39, 0.29) is 12.2 Å². The van der Waals surface area contributed by atoms with Crippen molar-refractivity contribution < 1.29 is 29.1 Å². The lowest BCUT2D eigenvalue weighted by Crippen LogP contribution is -2.54. The molecule has 0 aromatic heterocycles. The molecule has 0 aliphatic heterocycles. The van der Waals surface area contributed by atoms with E-state index < -0.39 is 60.7 Å². The Bertz CT molecular complexity index is 562. The van der Waals surface area contributed by atoms with E-state index in [1.165, 1.54) is 11.8 Å². The third-order valence-electron chi connectivity index (χ3n) is 3.24. The van der Waals surface area contributed by atoms with Gasteiger partial charge < -0.3 is 32.5 Å². The number of carboxylic acid groups (broad SMARTS) is 1. The molecule has 0 saturated heterocycles. The van der Waals surface area contributed by atoms with Crippen LogP contribution in [-0.2, 0) is 24.0 Å². The number of carbonyl (C=O) groups is 5. The van der Waals surface area contributed by atoms with Crippen LogP contribution in [0.15, 0.2) is 0 Å². The maximum atomic E-state index is 12.3. The minimum Gasteiger partial charge on any atom is -0.480 e. The number of primary amides is 1. The zero-order valence-corrected chi connectivity index (χ0v) is 16.5. The topological polar surface area (TPSA) is 194 Å². The number of nitrogens with one attached hydrogen (secondary N) is 3. The van der Waals surface area contributed by atoms with E-state index in [1.807, 2.05) is 0 Å². The predicted molar refractivity (Wildman–Crippen MR) is 103 cm³/mol. The zero-order valence-electron chi connectivity index (χ0n) is 14.8. The summed E-state index contributed by atoms with van der Waals surface area (Å²) in [5.74, 6) is -3.80. The largest absolute Gasteiger partial charge is 0.480 e. The summed E-state index contributed by atoms with van der Waals surface area (Å²) in [6.45, 7) is -0.488. The van der Waals surface area contributed by atoms with Crippen LogP contribution in [0.5, 0.6) is 0 Å². The second-order valence-electron chi connectivity index (χ2n) is 5.48. The van der Waals surface area contributed by atoms with Gasteiger partial charge in [-0.05, 0) is 18.4 Å². The standard InChI is InChI=1S/C14H25N5O6S2/c1-27-3-2-8(14(24)25)19-13(23)9(4-10(16)20)18-11(21)5-17-12(22)7(15)6-26/h7-9,26H,2-6,15H2,1H3,(H2,16,20)(H,17,22)(H,18,21)(H,19,23)(H,24,25). The van der Waals surface area contributed by atoms with E-state index in [0.29, 0.717) is 5.75 Å². The van der Waals surface area contributed by atoms with Gasteiger partial charge in [0.1, 0.15) is 12.1 Å². The molecule has 11 nitrogen and oxygen atoms in total. The van der Waals surface area contributed by atoms with Crippen LogP contribution < -0.4 is 27.4 Å². The molecule has 0 rings (SSSR count). The van der Waals surface area contributed by atoms with Gasteiger partial charge in [-0.15, -0.1) is 0 Å². The molecule has 0 saturated carbocycles. The Morgan fingerprint density at radius 1 is 1.11 bits per heavy atom. The van der Waals surface area contributed by atoms with Crippen molar-refractivity contribution in [2.75, 3.05) is 24.3 Å². The molecule has 0 heterocycles. The van der Waals surface area contributed by atoms with Crippen LogP contribution in [0.25, 0.3) is 0 Å². The first kappa shape index (κ1) is 25.0. The highest BCUT2D eigenvalue weighted by Gasteiger charge is 2.27. The van der Waals surface area contributed by atoms with Gasteiger partial charge in [0.2, 0.25) is 23.6 Å². The van der Waals surface area contributed by atoms with Crippen molar-refractivity contribution in [1.29, 1.82) is 0 Å². The number of hydrogen-bond acceptors (Lipinski definition) is 8. The Morgan fingerprint density at radius 2 is 1.74 bits per heavy atom. The minimum absolute atomic E-state index is 0.0762.